The van der Waals surface area contributed by atoms with Gasteiger partial charge in [0.25, 0.3) is 5.91 Å². The van der Waals surface area contributed by atoms with Crippen molar-refractivity contribution in [2.45, 2.75) is 13.8 Å². The lowest BCUT2D eigenvalue weighted by Gasteiger charge is -2.17. The second kappa shape index (κ2) is 11.0. The van der Waals surface area contributed by atoms with E-state index in [0.717, 1.165) is 6.07 Å². The number of methoxy groups -OCH3 is 2. The fourth-order valence-electron chi connectivity index (χ4n) is 4.45. The Morgan fingerprint density at radius 2 is 1.71 bits per heavy atom. The summed E-state index contributed by atoms with van der Waals surface area (Å²) < 4.78 is 45.1. The van der Waals surface area contributed by atoms with Crippen molar-refractivity contribution in [1.29, 1.82) is 0 Å². The van der Waals surface area contributed by atoms with Crippen LogP contribution in [0.1, 0.15) is 21.7 Å². The Kier molecular flexibility index (Phi) is 7.34. The summed E-state index contributed by atoms with van der Waals surface area (Å²) in [6.07, 6.45) is 3.01. The van der Waals surface area contributed by atoms with E-state index in [0.29, 0.717) is 28.0 Å². The maximum Gasteiger partial charge on any atom is 0.261 e. The van der Waals surface area contributed by atoms with Crippen LogP contribution in [-0.4, -0.2) is 40.2 Å². The van der Waals surface area contributed by atoms with Gasteiger partial charge in [-0.15, -0.1) is 0 Å². The summed E-state index contributed by atoms with van der Waals surface area (Å²) in [4.78, 5) is 26.2. The van der Waals surface area contributed by atoms with Crippen molar-refractivity contribution in [3.8, 4) is 39.9 Å². The zero-order valence-corrected chi connectivity index (χ0v) is 22.5. The number of rotatable bonds is 7. The number of halogens is 2. The Labute approximate surface area is 233 Å². The zero-order valence-electron chi connectivity index (χ0n) is 22.5. The molecule has 0 aliphatic heterocycles. The molecule has 2 N–H and O–H groups in total. The number of aromatic hydroxyl groups is 1. The standard InChI is InChI=1S/C30H24F2N4O5/c1-15-26(20-7-5-17(31)11-25(20)40-4)29(37)27(16(2)35-15)30(38)36-18-6-8-23(21(32)12-18)41-24-9-10-33-22-13-19(39-3)14-34-28(22)24/h5-14H,1-4H3,(H,35,37)(H,36,38). The molecule has 5 rings (SSSR count). The van der Waals surface area contributed by atoms with Crippen LogP contribution in [0.15, 0.2) is 60.9 Å². The van der Waals surface area contributed by atoms with Gasteiger partial charge in [-0.3, -0.25) is 14.8 Å². The molecule has 9 nitrogen and oxygen atoms in total. The van der Waals surface area contributed by atoms with Crippen LogP contribution in [0.25, 0.3) is 22.2 Å². The molecule has 0 aliphatic carbocycles. The van der Waals surface area contributed by atoms with Gasteiger partial charge in [-0.25, -0.2) is 13.8 Å². The average Bonchev–Trinajstić information content (AvgIpc) is 2.94. The Morgan fingerprint density at radius 1 is 0.902 bits per heavy atom. The topological polar surface area (TPSA) is 116 Å². The largest absolute Gasteiger partial charge is 0.506 e. The van der Waals surface area contributed by atoms with E-state index in [-0.39, 0.29) is 45.5 Å². The highest BCUT2D eigenvalue weighted by Gasteiger charge is 2.24. The number of benzene rings is 2. The van der Waals surface area contributed by atoms with Gasteiger partial charge >= 0.3 is 0 Å². The number of hydrogen-bond acceptors (Lipinski definition) is 8. The van der Waals surface area contributed by atoms with Crippen LogP contribution in [0.2, 0.25) is 0 Å². The van der Waals surface area contributed by atoms with Gasteiger partial charge in [0, 0.05) is 53.0 Å². The maximum absolute atomic E-state index is 15.1. The summed E-state index contributed by atoms with van der Waals surface area (Å²) in [7, 11) is 2.88. The average molecular weight is 559 g/mol. The lowest BCUT2D eigenvalue weighted by atomic mass is 9.97. The predicted molar refractivity (Wildman–Crippen MR) is 148 cm³/mol. The number of nitrogens with zero attached hydrogens (tertiary/aromatic N) is 3. The Balaban J connectivity index is 1.43. The van der Waals surface area contributed by atoms with Crippen LogP contribution in [0.3, 0.4) is 0 Å². The zero-order chi connectivity index (χ0) is 29.3. The first kappa shape index (κ1) is 27.3. The molecule has 41 heavy (non-hydrogen) atoms. The van der Waals surface area contributed by atoms with Crippen molar-refractivity contribution in [2.24, 2.45) is 0 Å². The van der Waals surface area contributed by atoms with Gasteiger partial charge in [-0.1, -0.05) is 0 Å². The van der Waals surface area contributed by atoms with Gasteiger partial charge in [-0.2, -0.15) is 0 Å². The predicted octanol–water partition coefficient (Wildman–Crippen LogP) is 6.35. The van der Waals surface area contributed by atoms with E-state index in [4.69, 9.17) is 14.2 Å². The third-order valence-corrected chi connectivity index (χ3v) is 6.35. The fourth-order valence-corrected chi connectivity index (χ4v) is 4.45. The quantitative estimate of drug-likeness (QED) is 0.237. The van der Waals surface area contributed by atoms with Crippen molar-refractivity contribution in [2.75, 3.05) is 19.5 Å². The molecule has 0 atom stereocenters. The Hall–Kier alpha value is -5.32. The highest BCUT2D eigenvalue weighted by molar-refractivity contribution is 6.08. The van der Waals surface area contributed by atoms with Crippen molar-refractivity contribution in [3.63, 3.8) is 0 Å². The third-order valence-electron chi connectivity index (χ3n) is 6.35. The van der Waals surface area contributed by atoms with E-state index in [1.54, 1.807) is 26.0 Å². The van der Waals surface area contributed by atoms with Crippen LogP contribution in [0.5, 0.6) is 28.7 Å². The number of carbonyl (C=O) groups excluding carboxylic acids is 1. The van der Waals surface area contributed by atoms with Crippen molar-refractivity contribution in [3.05, 3.63) is 89.5 Å². The van der Waals surface area contributed by atoms with Gasteiger partial charge in [0.15, 0.2) is 17.3 Å². The van der Waals surface area contributed by atoms with E-state index in [1.165, 1.54) is 56.9 Å². The van der Waals surface area contributed by atoms with Gasteiger partial charge in [0.1, 0.15) is 34.1 Å². The molecule has 1 amide bonds. The molecule has 3 aromatic heterocycles. The highest BCUT2D eigenvalue weighted by Crippen LogP contribution is 2.41. The summed E-state index contributed by atoms with van der Waals surface area (Å²) in [6.45, 7) is 3.21. The van der Waals surface area contributed by atoms with E-state index in [1.807, 2.05) is 0 Å². The highest BCUT2D eigenvalue weighted by atomic mass is 19.1. The third kappa shape index (κ3) is 5.29. The molecule has 0 aliphatic rings. The first-order valence-electron chi connectivity index (χ1n) is 12.3. The van der Waals surface area contributed by atoms with Crippen LogP contribution < -0.4 is 19.5 Å². The number of carbonyl (C=O) groups is 1. The lowest BCUT2D eigenvalue weighted by Crippen LogP contribution is -2.16. The number of anilines is 1. The Bertz CT molecular complexity index is 1810. The summed E-state index contributed by atoms with van der Waals surface area (Å²) in [5.41, 5.74) is 2.13. The van der Waals surface area contributed by atoms with Gasteiger partial charge in [-0.05, 0) is 38.1 Å². The van der Waals surface area contributed by atoms with Gasteiger partial charge in [0.05, 0.1) is 31.6 Å². The molecular weight excluding hydrogens is 534 g/mol. The number of hydrogen-bond donors (Lipinski definition) is 2. The van der Waals surface area contributed by atoms with E-state index >= 15 is 4.39 Å². The molecule has 0 saturated carbocycles. The van der Waals surface area contributed by atoms with Crippen molar-refractivity contribution < 1.29 is 32.9 Å². The number of amides is 1. The smallest absolute Gasteiger partial charge is 0.261 e. The van der Waals surface area contributed by atoms with Crippen LogP contribution in [0, 0.1) is 25.5 Å². The summed E-state index contributed by atoms with van der Waals surface area (Å²) in [6, 6.07) is 10.9. The normalized spacial score (nSPS) is 10.9. The first-order chi connectivity index (χ1) is 19.7. The molecule has 11 heteroatoms. The molecule has 5 aromatic rings. The van der Waals surface area contributed by atoms with E-state index in [2.05, 4.69) is 20.3 Å². The number of aryl methyl sites for hydroxylation is 2. The summed E-state index contributed by atoms with van der Waals surface area (Å²) in [5, 5.41) is 13.7. The van der Waals surface area contributed by atoms with Crippen LogP contribution in [-0.2, 0) is 0 Å². The molecule has 0 radical (unpaired) electrons. The molecule has 2 aromatic carbocycles. The monoisotopic (exact) mass is 558 g/mol. The number of nitrogens with one attached hydrogen (secondary N) is 1. The molecule has 0 fully saturated rings. The van der Waals surface area contributed by atoms with Crippen LogP contribution in [0.4, 0.5) is 14.5 Å². The lowest BCUT2D eigenvalue weighted by molar-refractivity contribution is 0.102. The second-order valence-corrected chi connectivity index (χ2v) is 8.98. The van der Waals surface area contributed by atoms with E-state index in [9.17, 15) is 14.3 Å². The number of ether oxygens (including phenoxy) is 3. The molecule has 0 bridgehead atoms. The summed E-state index contributed by atoms with van der Waals surface area (Å²) >= 11 is 0. The number of aromatic nitrogens is 3. The van der Waals surface area contributed by atoms with Crippen molar-refractivity contribution in [1.82, 2.24) is 15.0 Å². The molecule has 0 saturated heterocycles. The number of fused-ring (bicyclic) bond motifs is 1. The Morgan fingerprint density at radius 3 is 2.44 bits per heavy atom. The molecule has 0 spiro atoms. The molecule has 0 unspecified atom stereocenters. The minimum absolute atomic E-state index is 0.102. The summed E-state index contributed by atoms with van der Waals surface area (Å²) in [5.74, 6) is -1.51. The first-order valence-corrected chi connectivity index (χ1v) is 12.3. The van der Waals surface area contributed by atoms with E-state index < -0.39 is 17.5 Å². The molecular formula is C30H24F2N4O5. The maximum atomic E-state index is 15.1. The SMILES string of the molecule is COc1cnc2c(Oc3ccc(NC(=O)c4c(C)nc(C)c(-c5ccc(F)cc5OC)c4O)cc3F)ccnc2c1. The second-order valence-electron chi connectivity index (χ2n) is 8.98. The van der Waals surface area contributed by atoms with Gasteiger partial charge in [0.2, 0.25) is 0 Å². The van der Waals surface area contributed by atoms with Gasteiger partial charge < -0.3 is 24.6 Å². The van der Waals surface area contributed by atoms with Crippen molar-refractivity contribution >= 4 is 22.6 Å². The number of pyridine rings is 3. The fraction of sp³-hybridized carbons (Fsp3) is 0.133. The minimum Gasteiger partial charge on any atom is -0.506 e. The molecule has 3 heterocycles. The minimum atomic E-state index is -0.749. The molecule has 208 valence electrons. The van der Waals surface area contributed by atoms with Crippen LogP contribution >= 0.6 is 0 Å².